The molecule has 0 aliphatic heterocycles. The van der Waals surface area contributed by atoms with Crippen molar-refractivity contribution in [1.29, 1.82) is 0 Å². The predicted octanol–water partition coefficient (Wildman–Crippen LogP) is 0.970. The molecule has 0 radical (unpaired) electrons. The van der Waals surface area contributed by atoms with E-state index in [1.54, 1.807) is 0 Å². The normalized spacial score (nSPS) is 31.5. The zero-order chi connectivity index (χ0) is 8.27. The summed E-state index contributed by atoms with van der Waals surface area (Å²) in [5, 5.41) is 0. The van der Waals surface area contributed by atoms with Crippen LogP contribution in [0.2, 0.25) is 0 Å². The molecule has 0 aromatic rings. The van der Waals surface area contributed by atoms with E-state index in [0.717, 1.165) is 25.7 Å². The lowest BCUT2D eigenvalue weighted by Crippen LogP contribution is -2.34. The summed E-state index contributed by atoms with van der Waals surface area (Å²) >= 11 is 1.88. The van der Waals surface area contributed by atoms with Crippen molar-refractivity contribution in [1.82, 2.24) is 3.53 Å². The zero-order valence-electron chi connectivity index (χ0n) is 6.35. The molecule has 0 saturated heterocycles. The van der Waals surface area contributed by atoms with Crippen molar-refractivity contribution in [3.05, 3.63) is 0 Å². The quantitative estimate of drug-likeness (QED) is 0.550. The van der Waals surface area contributed by atoms with Crippen LogP contribution in [-0.2, 0) is 4.79 Å². The maximum atomic E-state index is 11.1. The summed E-state index contributed by atoms with van der Waals surface area (Å²) in [6, 6.07) is 0.238. The second-order valence-corrected chi connectivity index (χ2v) is 3.62. The predicted molar refractivity (Wildman–Crippen MR) is 52.1 cm³/mol. The molecule has 1 unspecified atom stereocenters. The highest BCUT2D eigenvalue weighted by Crippen LogP contribution is 2.23. The first-order valence-electron chi connectivity index (χ1n) is 3.90. The van der Waals surface area contributed by atoms with Crippen LogP contribution in [0.15, 0.2) is 0 Å². The Morgan fingerprint density at radius 3 is 2.82 bits per heavy atom. The maximum Gasteiger partial charge on any atom is 0.231 e. The molecule has 64 valence electrons. The Kier molecular flexibility index (Phi) is 3.58. The maximum absolute atomic E-state index is 11.1. The van der Waals surface area contributed by atoms with Crippen LogP contribution in [0.3, 0.4) is 0 Å². The number of amides is 1. The molecule has 1 rings (SSSR count). The van der Waals surface area contributed by atoms with Crippen molar-refractivity contribution in [3.63, 3.8) is 0 Å². The molecule has 1 aliphatic carbocycles. The molecule has 0 bridgehead atoms. The van der Waals surface area contributed by atoms with Gasteiger partial charge in [0.05, 0.1) is 22.9 Å². The summed E-state index contributed by atoms with van der Waals surface area (Å²) in [7, 11) is 0. The van der Waals surface area contributed by atoms with Crippen molar-refractivity contribution >= 4 is 28.8 Å². The van der Waals surface area contributed by atoms with E-state index < -0.39 is 0 Å². The molecule has 2 atom stereocenters. The smallest absolute Gasteiger partial charge is 0.231 e. The van der Waals surface area contributed by atoms with Gasteiger partial charge in [-0.05, 0) is 19.3 Å². The van der Waals surface area contributed by atoms with Crippen LogP contribution < -0.4 is 9.26 Å². The molecule has 3 N–H and O–H groups in total. The fourth-order valence-electron chi connectivity index (χ4n) is 1.54. The third kappa shape index (κ3) is 2.59. The van der Waals surface area contributed by atoms with Gasteiger partial charge in [0, 0.05) is 12.0 Å². The number of hydrogen-bond acceptors (Lipinski definition) is 2. The zero-order valence-corrected chi connectivity index (χ0v) is 8.50. The van der Waals surface area contributed by atoms with Gasteiger partial charge in [-0.2, -0.15) is 0 Å². The highest BCUT2D eigenvalue weighted by atomic mass is 127. The number of halogens is 1. The number of nitrogens with one attached hydrogen (secondary N) is 1. The third-order valence-electron chi connectivity index (χ3n) is 2.18. The second-order valence-electron chi connectivity index (χ2n) is 3.08. The summed E-state index contributed by atoms with van der Waals surface area (Å²) in [6.45, 7) is 0. The fraction of sp³-hybridized carbons (Fsp3) is 0.857. The Morgan fingerprint density at radius 2 is 2.27 bits per heavy atom. The van der Waals surface area contributed by atoms with Gasteiger partial charge in [0.25, 0.3) is 0 Å². The highest BCUT2D eigenvalue weighted by molar-refractivity contribution is 14.1. The van der Waals surface area contributed by atoms with Gasteiger partial charge in [0.1, 0.15) is 0 Å². The average molecular weight is 268 g/mol. The number of carbonyl (C=O) groups excluding carboxylic acids is 1. The molecule has 1 saturated carbocycles. The van der Waals surface area contributed by atoms with E-state index in [1.165, 1.54) is 0 Å². The van der Waals surface area contributed by atoms with Crippen LogP contribution >= 0.6 is 22.9 Å². The van der Waals surface area contributed by atoms with Crippen LogP contribution in [0.4, 0.5) is 0 Å². The monoisotopic (exact) mass is 268 g/mol. The van der Waals surface area contributed by atoms with Crippen LogP contribution in [0.25, 0.3) is 0 Å². The molecule has 0 aromatic heterocycles. The van der Waals surface area contributed by atoms with E-state index in [9.17, 15) is 4.79 Å². The van der Waals surface area contributed by atoms with Crippen molar-refractivity contribution in [2.24, 2.45) is 11.7 Å². The van der Waals surface area contributed by atoms with Crippen LogP contribution in [0.1, 0.15) is 25.7 Å². The summed E-state index contributed by atoms with van der Waals surface area (Å²) in [5.41, 5.74) is 5.74. The Labute approximate surface area is 80.6 Å². The lowest BCUT2D eigenvalue weighted by atomic mass is 9.86. The van der Waals surface area contributed by atoms with E-state index in [1.807, 2.05) is 22.9 Å². The molecule has 0 heterocycles. The Hall–Kier alpha value is 0.160. The summed E-state index contributed by atoms with van der Waals surface area (Å²) < 4.78 is 2.63. The van der Waals surface area contributed by atoms with Gasteiger partial charge in [-0.15, -0.1) is 0 Å². The van der Waals surface area contributed by atoms with E-state index in [4.69, 9.17) is 5.73 Å². The molecular formula is C7H13IN2O. The molecule has 1 aliphatic rings. The topological polar surface area (TPSA) is 55.1 Å². The molecular weight excluding hydrogens is 255 g/mol. The highest BCUT2D eigenvalue weighted by Gasteiger charge is 2.24. The lowest BCUT2D eigenvalue weighted by Gasteiger charge is -2.24. The van der Waals surface area contributed by atoms with Crippen molar-refractivity contribution in [2.75, 3.05) is 0 Å². The molecule has 3 nitrogen and oxygen atoms in total. The second kappa shape index (κ2) is 4.25. The molecule has 11 heavy (non-hydrogen) atoms. The van der Waals surface area contributed by atoms with Gasteiger partial charge < -0.3 is 5.73 Å². The number of rotatable bonds is 1. The third-order valence-corrected chi connectivity index (χ3v) is 2.71. The van der Waals surface area contributed by atoms with E-state index in [2.05, 4.69) is 3.53 Å². The number of nitrogens with two attached hydrogens (primary N) is 1. The molecule has 1 amide bonds. The van der Waals surface area contributed by atoms with Gasteiger partial charge in [-0.3, -0.25) is 8.32 Å². The largest absolute Gasteiger partial charge is 0.328 e. The minimum atomic E-state index is 0.140. The molecule has 0 aromatic carbocycles. The van der Waals surface area contributed by atoms with E-state index in [0.29, 0.717) is 0 Å². The lowest BCUT2D eigenvalue weighted by molar-refractivity contribution is -0.123. The minimum absolute atomic E-state index is 0.140. The first-order valence-corrected chi connectivity index (χ1v) is 4.98. The van der Waals surface area contributed by atoms with Gasteiger partial charge >= 0.3 is 0 Å². The van der Waals surface area contributed by atoms with Crippen molar-refractivity contribution < 1.29 is 4.79 Å². The molecule has 1 fully saturated rings. The van der Waals surface area contributed by atoms with Crippen molar-refractivity contribution in [2.45, 2.75) is 31.7 Å². The Morgan fingerprint density at radius 1 is 1.55 bits per heavy atom. The van der Waals surface area contributed by atoms with Crippen LogP contribution in [-0.4, -0.2) is 11.9 Å². The molecule has 4 heteroatoms. The van der Waals surface area contributed by atoms with Gasteiger partial charge in [0.15, 0.2) is 0 Å². The van der Waals surface area contributed by atoms with E-state index in [-0.39, 0.29) is 17.9 Å². The summed E-state index contributed by atoms with van der Waals surface area (Å²) in [5.74, 6) is 0.302. The minimum Gasteiger partial charge on any atom is -0.328 e. The first kappa shape index (κ1) is 9.25. The number of carbonyl (C=O) groups is 1. The summed E-state index contributed by atoms with van der Waals surface area (Å²) in [6.07, 6.45) is 4.03. The molecule has 0 spiro atoms. The van der Waals surface area contributed by atoms with Gasteiger partial charge in [0.2, 0.25) is 5.91 Å². The standard InChI is InChI=1S/C7H13IN2O/c8-10-7(11)5-2-1-3-6(9)4-5/h5-6H,1-4,9H2,(H,10,11)/t5?,6-/m0/s1. The van der Waals surface area contributed by atoms with E-state index >= 15 is 0 Å². The number of hydrogen-bond donors (Lipinski definition) is 2. The Balaban J connectivity index is 2.39. The fourth-order valence-corrected chi connectivity index (χ4v) is 1.98. The SMILES string of the molecule is N[C@H]1CCCC(C(=O)NI)C1. The van der Waals surface area contributed by atoms with Crippen molar-refractivity contribution in [3.8, 4) is 0 Å². The van der Waals surface area contributed by atoms with Gasteiger partial charge in [-0.1, -0.05) is 6.42 Å². The van der Waals surface area contributed by atoms with Crippen LogP contribution in [0.5, 0.6) is 0 Å². The van der Waals surface area contributed by atoms with Crippen LogP contribution in [0, 0.1) is 5.92 Å². The summed E-state index contributed by atoms with van der Waals surface area (Å²) in [4.78, 5) is 11.1. The van der Waals surface area contributed by atoms with Gasteiger partial charge in [-0.25, -0.2) is 0 Å². The average Bonchev–Trinajstić information content (AvgIpc) is 2.03. The first-order chi connectivity index (χ1) is 5.24. The Bertz CT molecular complexity index is 151.